The standard InChI is InChI=1S/C15H26N4O/c1-3-10-20-15-11-14(17-12-18-15)16-6-9-19-7-4-13(2)5-8-19/h11-13H,3-10H2,1-2H3,(H,16,17,18). The fourth-order valence-corrected chi connectivity index (χ4v) is 2.35. The van der Waals surface area contributed by atoms with Gasteiger partial charge in [-0.1, -0.05) is 13.8 Å². The maximum absolute atomic E-state index is 5.50. The number of nitrogens with one attached hydrogen (secondary N) is 1. The van der Waals surface area contributed by atoms with Crippen LogP contribution in [0.25, 0.3) is 0 Å². The topological polar surface area (TPSA) is 50.3 Å². The molecule has 0 aromatic carbocycles. The Morgan fingerprint density at radius 3 is 2.90 bits per heavy atom. The molecule has 0 aliphatic carbocycles. The molecule has 0 unspecified atom stereocenters. The van der Waals surface area contributed by atoms with Crippen molar-refractivity contribution in [1.82, 2.24) is 14.9 Å². The largest absolute Gasteiger partial charge is 0.478 e. The third-order valence-electron chi connectivity index (χ3n) is 3.71. The van der Waals surface area contributed by atoms with E-state index in [1.807, 2.05) is 6.07 Å². The van der Waals surface area contributed by atoms with Crippen LogP contribution in [0.2, 0.25) is 0 Å². The van der Waals surface area contributed by atoms with Crippen molar-refractivity contribution >= 4 is 5.82 Å². The summed E-state index contributed by atoms with van der Waals surface area (Å²) in [5.41, 5.74) is 0. The van der Waals surface area contributed by atoms with Gasteiger partial charge in [0.05, 0.1) is 6.61 Å². The van der Waals surface area contributed by atoms with E-state index in [0.717, 1.165) is 31.2 Å². The third kappa shape index (κ3) is 4.96. The average Bonchev–Trinajstić information content (AvgIpc) is 2.48. The van der Waals surface area contributed by atoms with Crippen molar-refractivity contribution in [3.63, 3.8) is 0 Å². The summed E-state index contributed by atoms with van der Waals surface area (Å²) >= 11 is 0. The van der Waals surface area contributed by atoms with Crippen LogP contribution in [0.5, 0.6) is 5.88 Å². The molecule has 0 radical (unpaired) electrons. The first-order valence-corrected chi connectivity index (χ1v) is 7.69. The molecule has 112 valence electrons. The van der Waals surface area contributed by atoms with Gasteiger partial charge in [0.1, 0.15) is 12.1 Å². The molecule has 1 aromatic heterocycles. The van der Waals surface area contributed by atoms with E-state index in [1.54, 1.807) is 6.33 Å². The lowest BCUT2D eigenvalue weighted by Gasteiger charge is -2.30. The average molecular weight is 278 g/mol. The molecule has 0 atom stereocenters. The number of nitrogens with zero attached hydrogens (tertiary/aromatic N) is 3. The molecule has 20 heavy (non-hydrogen) atoms. The minimum Gasteiger partial charge on any atom is -0.478 e. The van der Waals surface area contributed by atoms with Crippen LogP contribution < -0.4 is 10.1 Å². The van der Waals surface area contributed by atoms with Gasteiger partial charge in [0.2, 0.25) is 5.88 Å². The Bertz CT molecular complexity index is 391. The van der Waals surface area contributed by atoms with Gasteiger partial charge in [0, 0.05) is 19.2 Å². The molecule has 0 bridgehead atoms. The Kier molecular flexibility index (Phi) is 6.05. The zero-order chi connectivity index (χ0) is 14.2. The van der Waals surface area contributed by atoms with E-state index in [-0.39, 0.29) is 0 Å². The second kappa shape index (κ2) is 8.04. The van der Waals surface area contributed by atoms with Gasteiger partial charge in [0.25, 0.3) is 0 Å². The summed E-state index contributed by atoms with van der Waals surface area (Å²) in [4.78, 5) is 10.8. The highest BCUT2D eigenvalue weighted by Crippen LogP contribution is 2.15. The summed E-state index contributed by atoms with van der Waals surface area (Å²) in [7, 11) is 0. The highest BCUT2D eigenvalue weighted by Gasteiger charge is 2.14. The molecule has 1 aliphatic heterocycles. The normalized spacial score (nSPS) is 17.1. The summed E-state index contributed by atoms with van der Waals surface area (Å²) in [6.07, 6.45) is 5.18. The van der Waals surface area contributed by atoms with E-state index < -0.39 is 0 Å². The predicted octanol–water partition coefficient (Wildman–Crippen LogP) is 2.41. The molecule has 5 nitrogen and oxygen atoms in total. The molecule has 0 spiro atoms. The number of hydrogen-bond acceptors (Lipinski definition) is 5. The van der Waals surface area contributed by atoms with Crippen LogP contribution in [0.1, 0.15) is 33.1 Å². The van der Waals surface area contributed by atoms with Crippen molar-refractivity contribution in [3.05, 3.63) is 12.4 Å². The second-order valence-electron chi connectivity index (χ2n) is 5.54. The van der Waals surface area contributed by atoms with Crippen LogP contribution in [0.15, 0.2) is 12.4 Å². The summed E-state index contributed by atoms with van der Waals surface area (Å²) in [5.74, 6) is 2.38. The molecule has 1 fully saturated rings. The summed E-state index contributed by atoms with van der Waals surface area (Å²) in [6, 6.07) is 1.87. The molecule has 2 rings (SSSR count). The molecule has 1 aliphatic rings. The molecule has 1 N–H and O–H groups in total. The fraction of sp³-hybridized carbons (Fsp3) is 0.733. The van der Waals surface area contributed by atoms with E-state index in [9.17, 15) is 0 Å². The molecule has 5 heteroatoms. The van der Waals surface area contributed by atoms with Crippen molar-refractivity contribution in [2.75, 3.05) is 38.1 Å². The van der Waals surface area contributed by atoms with Crippen LogP contribution in [0, 0.1) is 5.92 Å². The Hall–Kier alpha value is -1.36. The lowest BCUT2D eigenvalue weighted by molar-refractivity contribution is 0.199. The molecule has 0 saturated carbocycles. The Morgan fingerprint density at radius 1 is 1.35 bits per heavy atom. The highest BCUT2D eigenvalue weighted by molar-refractivity contribution is 5.36. The zero-order valence-electron chi connectivity index (χ0n) is 12.6. The van der Waals surface area contributed by atoms with Crippen LogP contribution >= 0.6 is 0 Å². The van der Waals surface area contributed by atoms with Gasteiger partial charge < -0.3 is 15.0 Å². The molecule has 0 amide bonds. The van der Waals surface area contributed by atoms with Crippen molar-refractivity contribution in [1.29, 1.82) is 0 Å². The van der Waals surface area contributed by atoms with Crippen LogP contribution in [0.3, 0.4) is 0 Å². The Morgan fingerprint density at radius 2 is 2.15 bits per heavy atom. The first-order chi connectivity index (χ1) is 9.78. The first kappa shape index (κ1) is 15.0. The number of likely N-dealkylation sites (tertiary alicyclic amines) is 1. The summed E-state index contributed by atoms with van der Waals surface area (Å²) in [6.45, 7) is 9.55. The molecule has 1 saturated heterocycles. The lowest BCUT2D eigenvalue weighted by atomic mass is 9.99. The minimum absolute atomic E-state index is 0.649. The van der Waals surface area contributed by atoms with E-state index in [4.69, 9.17) is 4.74 Å². The van der Waals surface area contributed by atoms with Crippen molar-refractivity contribution in [2.24, 2.45) is 5.92 Å². The predicted molar refractivity (Wildman–Crippen MR) is 81.1 cm³/mol. The summed E-state index contributed by atoms with van der Waals surface area (Å²) < 4.78 is 5.50. The Labute approximate surface area is 121 Å². The van der Waals surface area contributed by atoms with E-state index >= 15 is 0 Å². The maximum Gasteiger partial charge on any atom is 0.218 e. The number of piperidine rings is 1. The fourth-order valence-electron chi connectivity index (χ4n) is 2.35. The lowest BCUT2D eigenvalue weighted by Crippen LogP contribution is -2.36. The quantitative estimate of drug-likeness (QED) is 0.830. The van der Waals surface area contributed by atoms with Crippen molar-refractivity contribution in [2.45, 2.75) is 33.1 Å². The second-order valence-corrected chi connectivity index (χ2v) is 5.54. The molecular formula is C15H26N4O. The number of rotatable bonds is 7. The zero-order valence-corrected chi connectivity index (χ0v) is 12.6. The van der Waals surface area contributed by atoms with Crippen LogP contribution in [0.4, 0.5) is 5.82 Å². The van der Waals surface area contributed by atoms with Gasteiger partial charge in [-0.15, -0.1) is 0 Å². The van der Waals surface area contributed by atoms with Gasteiger partial charge in [-0.2, -0.15) is 0 Å². The number of aromatic nitrogens is 2. The minimum atomic E-state index is 0.649. The van der Waals surface area contributed by atoms with E-state index in [0.29, 0.717) is 12.5 Å². The van der Waals surface area contributed by atoms with Crippen LogP contribution in [-0.2, 0) is 0 Å². The number of anilines is 1. The van der Waals surface area contributed by atoms with Gasteiger partial charge in [-0.25, -0.2) is 9.97 Å². The number of ether oxygens (including phenoxy) is 1. The SMILES string of the molecule is CCCOc1cc(NCCN2CCC(C)CC2)ncn1. The van der Waals surface area contributed by atoms with Gasteiger partial charge in [-0.3, -0.25) is 0 Å². The number of hydrogen-bond donors (Lipinski definition) is 1. The first-order valence-electron chi connectivity index (χ1n) is 7.69. The monoisotopic (exact) mass is 278 g/mol. The van der Waals surface area contributed by atoms with Gasteiger partial charge in [0.15, 0.2) is 0 Å². The van der Waals surface area contributed by atoms with Crippen molar-refractivity contribution in [3.8, 4) is 5.88 Å². The van der Waals surface area contributed by atoms with E-state index in [2.05, 4.69) is 34.0 Å². The smallest absolute Gasteiger partial charge is 0.218 e. The molecule has 1 aromatic rings. The highest BCUT2D eigenvalue weighted by atomic mass is 16.5. The van der Waals surface area contributed by atoms with Gasteiger partial charge in [-0.05, 0) is 38.3 Å². The summed E-state index contributed by atoms with van der Waals surface area (Å²) in [5, 5.41) is 3.35. The van der Waals surface area contributed by atoms with Gasteiger partial charge >= 0.3 is 0 Å². The third-order valence-corrected chi connectivity index (χ3v) is 3.71. The Balaban J connectivity index is 1.70. The maximum atomic E-state index is 5.50. The van der Waals surface area contributed by atoms with Crippen LogP contribution in [-0.4, -0.2) is 47.7 Å². The molecule has 2 heterocycles. The van der Waals surface area contributed by atoms with E-state index in [1.165, 1.54) is 25.9 Å². The van der Waals surface area contributed by atoms with Crippen molar-refractivity contribution < 1.29 is 4.74 Å². The molecular weight excluding hydrogens is 252 g/mol.